The van der Waals surface area contributed by atoms with Crippen LogP contribution < -0.4 is 0 Å². The standard InChI is InChI=1S/C8H11NO.C2H6/c1-6-4-8(7(2)10)9(3)5-6;1-2/h4-5H,1-3H3;1-2H3. The van der Waals surface area contributed by atoms with Crippen molar-refractivity contribution in [1.82, 2.24) is 4.57 Å². The zero-order chi connectivity index (χ0) is 9.72. The van der Waals surface area contributed by atoms with E-state index in [9.17, 15) is 4.79 Å². The molecular weight excluding hydrogens is 150 g/mol. The summed E-state index contributed by atoms with van der Waals surface area (Å²) in [5, 5.41) is 0. The Morgan fingerprint density at radius 1 is 1.42 bits per heavy atom. The summed E-state index contributed by atoms with van der Waals surface area (Å²) in [4.78, 5) is 10.9. The molecule has 0 atom stereocenters. The van der Waals surface area contributed by atoms with Crippen molar-refractivity contribution >= 4 is 5.78 Å². The minimum absolute atomic E-state index is 0.121. The molecule has 0 aliphatic heterocycles. The van der Waals surface area contributed by atoms with E-state index in [0.29, 0.717) is 0 Å². The molecule has 0 fully saturated rings. The van der Waals surface area contributed by atoms with Gasteiger partial charge in [-0.05, 0) is 18.6 Å². The highest BCUT2D eigenvalue weighted by molar-refractivity contribution is 5.92. The van der Waals surface area contributed by atoms with Gasteiger partial charge in [0.05, 0.1) is 5.69 Å². The highest BCUT2D eigenvalue weighted by Crippen LogP contribution is 2.05. The van der Waals surface area contributed by atoms with Crippen LogP contribution in [0.3, 0.4) is 0 Å². The number of aryl methyl sites for hydroxylation is 2. The third-order valence-corrected chi connectivity index (χ3v) is 1.50. The minimum Gasteiger partial charge on any atom is -0.348 e. The maximum atomic E-state index is 10.9. The van der Waals surface area contributed by atoms with Crippen LogP contribution in [-0.2, 0) is 7.05 Å². The third-order valence-electron chi connectivity index (χ3n) is 1.50. The van der Waals surface area contributed by atoms with Crippen molar-refractivity contribution in [2.24, 2.45) is 7.05 Å². The highest BCUT2D eigenvalue weighted by Gasteiger charge is 2.03. The maximum Gasteiger partial charge on any atom is 0.176 e. The molecular formula is C10H17NO. The summed E-state index contributed by atoms with van der Waals surface area (Å²) >= 11 is 0. The van der Waals surface area contributed by atoms with E-state index in [-0.39, 0.29) is 5.78 Å². The normalized spacial score (nSPS) is 8.75. The zero-order valence-corrected chi connectivity index (χ0v) is 8.51. The first kappa shape index (κ1) is 11.0. The molecule has 0 aliphatic carbocycles. The number of carbonyl (C=O) groups is 1. The summed E-state index contributed by atoms with van der Waals surface area (Å²) in [5.41, 5.74) is 1.91. The fourth-order valence-electron chi connectivity index (χ4n) is 1.08. The molecule has 1 rings (SSSR count). The predicted octanol–water partition coefficient (Wildman–Crippen LogP) is 2.56. The number of ketones is 1. The molecule has 2 heteroatoms. The Balaban J connectivity index is 0.000000561. The first-order valence-electron chi connectivity index (χ1n) is 4.25. The van der Waals surface area contributed by atoms with Crippen LogP contribution in [0.4, 0.5) is 0 Å². The average molecular weight is 167 g/mol. The second-order valence-corrected chi connectivity index (χ2v) is 2.57. The summed E-state index contributed by atoms with van der Waals surface area (Å²) in [5.74, 6) is 0.121. The Morgan fingerprint density at radius 2 is 1.92 bits per heavy atom. The van der Waals surface area contributed by atoms with E-state index in [4.69, 9.17) is 0 Å². The molecule has 0 unspecified atom stereocenters. The third kappa shape index (κ3) is 2.53. The van der Waals surface area contributed by atoms with Crippen molar-refractivity contribution in [1.29, 1.82) is 0 Å². The molecule has 0 saturated heterocycles. The smallest absolute Gasteiger partial charge is 0.176 e. The van der Waals surface area contributed by atoms with E-state index < -0.39 is 0 Å². The Kier molecular flexibility index (Phi) is 4.34. The summed E-state index contributed by atoms with van der Waals surface area (Å²) in [6.07, 6.45) is 1.94. The maximum absolute atomic E-state index is 10.9. The number of Topliss-reactive ketones (excluding diaryl/α,β-unsaturated/α-hetero) is 1. The number of hydrogen-bond donors (Lipinski definition) is 0. The van der Waals surface area contributed by atoms with Gasteiger partial charge in [-0.3, -0.25) is 4.79 Å². The van der Waals surface area contributed by atoms with Crippen LogP contribution in [0.25, 0.3) is 0 Å². The molecule has 0 saturated carbocycles. The molecule has 0 spiro atoms. The van der Waals surface area contributed by atoms with E-state index >= 15 is 0 Å². The van der Waals surface area contributed by atoms with E-state index in [1.807, 2.05) is 44.6 Å². The lowest BCUT2D eigenvalue weighted by Gasteiger charge is -1.94. The lowest BCUT2D eigenvalue weighted by molar-refractivity contribution is 0.101. The molecule has 0 aliphatic rings. The minimum atomic E-state index is 0.121. The van der Waals surface area contributed by atoms with Crippen molar-refractivity contribution in [2.75, 3.05) is 0 Å². The SMILES string of the molecule is CC.CC(=O)c1cc(C)cn1C. The number of rotatable bonds is 1. The van der Waals surface area contributed by atoms with Gasteiger partial charge in [-0.2, -0.15) is 0 Å². The van der Waals surface area contributed by atoms with Gasteiger partial charge in [-0.25, -0.2) is 0 Å². The van der Waals surface area contributed by atoms with Crippen molar-refractivity contribution in [2.45, 2.75) is 27.7 Å². The van der Waals surface area contributed by atoms with Crippen molar-refractivity contribution in [3.05, 3.63) is 23.5 Å². The summed E-state index contributed by atoms with van der Waals surface area (Å²) < 4.78 is 1.84. The first-order chi connectivity index (χ1) is 5.61. The molecule has 0 aromatic carbocycles. The van der Waals surface area contributed by atoms with Crippen molar-refractivity contribution < 1.29 is 4.79 Å². The molecule has 0 radical (unpaired) electrons. The highest BCUT2D eigenvalue weighted by atomic mass is 16.1. The van der Waals surface area contributed by atoms with Gasteiger partial charge >= 0.3 is 0 Å². The molecule has 2 nitrogen and oxygen atoms in total. The molecule has 12 heavy (non-hydrogen) atoms. The Labute approximate surface area is 74.2 Å². The monoisotopic (exact) mass is 167 g/mol. The van der Waals surface area contributed by atoms with Gasteiger partial charge in [0.15, 0.2) is 5.78 Å². The number of hydrogen-bond acceptors (Lipinski definition) is 1. The van der Waals surface area contributed by atoms with Gasteiger partial charge < -0.3 is 4.57 Å². The fourth-order valence-corrected chi connectivity index (χ4v) is 1.08. The topological polar surface area (TPSA) is 22.0 Å². The Hall–Kier alpha value is -1.05. The molecule has 0 N–H and O–H groups in total. The summed E-state index contributed by atoms with van der Waals surface area (Å²) in [6, 6.07) is 1.89. The fraction of sp³-hybridized carbons (Fsp3) is 0.500. The van der Waals surface area contributed by atoms with Crippen LogP contribution in [0, 0.1) is 6.92 Å². The summed E-state index contributed by atoms with van der Waals surface area (Å²) in [7, 11) is 1.88. The van der Waals surface area contributed by atoms with Gasteiger partial charge in [0, 0.05) is 20.2 Å². The largest absolute Gasteiger partial charge is 0.348 e. The van der Waals surface area contributed by atoms with Gasteiger partial charge in [-0.1, -0.05) is 13.8 Å². The van der Waals surface area contributed by atoms with Crippen LogP contribution in [0.5, 0.6) is 0 Å². The molecule has 68 valence electrons. The van der Waals surface area contributed by atoms with Crippen molar-refractivity contribution in [3.8, 4) is 0 Å². The van der Waals surface area contributed by atoms with E-state index in [1.54, 1.807) is 6.92 Å². The Morgan fingerprint density at radius 3 is 2.08 bits per heavy atom. The second kappa shape index (κ2) is 4.75. The zero-order valence-electron chi connectivity index (χ0n) is 8.51. The number of aromatic nitrogens is 1. The summed E-state index contributed by atoms with van der Waals surface area (Å²) in [6.45, 7) is 7.56. The van der Waals surface area contributed by atoms with Gasteiger partial charge in [0.25, 0.3) is 0 Å². The van der Waals surface area contributed by atoms with Gasteiger partial charge in [-0.15, -0.1) is 0 Å². The lowest BCUT2D eigenvalue weighted by atomic mass is 10.3. The number of nitrogens with zero attached hydrogens (tertiary/aromatic N) is 1. The van der Waals surface area contributed by atoms with Crippen LogP contribution in [0.15, 0.2) is 12.3 Å². The van der Waals surface area contributed by atoms with Crippen LogP contribution in [0.2, 0.25) is 0 Å². The second-order valence-electron chi connectivity index (χ2n) is 2.57. The van der Waals surface area contributed by atoms with Gasteiger partial charge in [0.1, 0.15) is 0 Å². The molecule has 1 heterocycles. The molecule has 1 aromatic heterocycles. The van der Waals surface area contributed by atoms with Crippen LogP contribution >= 0.6 is 0 Å². The Bertz CT molecular complexity index is 261. The van der Waals surface area contributed by atoms with Crippen LogP contribution in [-0.4, -0.2) is 10.4 Å². The van der Waals surface area contributed by atoms with E-state index in [0.717, 1.165) is 11.3 Å². The lowest BCUT2D eigenvalue weighted by Crippen LogP contribution is -1.99. The number of carbonyl (C=O) groups excluding carboxylic acids is 1. The molecule has 1 aromatic rings. The van der Waals surface area contributed by atoms with Crippen molar-refractivity contribution in [3.63, 3.8) is 0 Å². The first-order valence-corrected chi connectivity index (χ1v) is 4.25. The van der Waals surface area contributed by atoms with E-state index in [1.165, 1.54) is 0 Å². The quantitative estimate of drug-likeness (QED) is 0.589. The average Bonchev–Trinajstić information content (AvgIpc) is 2.34. The van der Waals surface area contributed by atoms with Crippen LogP contribution in [0.1, 0.15) is 36.8 Å². The molecule has 0 bridgehead atoms. The van der Waals surface area contributed by atoms with Gasteiger partial charge in [0.2, 0.25) is 0 Å². The molecule has 0 amide bonds. The predicted molar refractivity (Wildman–Crippen MR) is 51.5 cm³/mol. The van der Waals surface area contributed by atoms with E-state index in [2.05, 4.69) is 0 Å².